The molecule has 3 nitrogen and oxygen atoms in total. The van der Waals surface area contributed by atoms with E-state index in [-0.39, 0.29) is 12.1 Å². The number of hydrogen-bond acceptors (Lipinski definition) is 3. The highest BCUT2D eigenvalue weighted by Gasteiger charge is 2.24. The van der Waals surface area contributed by atoms with Crippen molar-refractivity contribution in [3.8, 4) is 0 Å². The maximum absolute atomic E-state index is 11.7. The molecule has 0 fully saturated rings. The second-order valence-electron chi connectivity index (χ2n) is 6.73. The van der Waals surface area contributed by atoms with Crippen LogP contribution in [0.15, 0.2) is 36.4 Å². The van der Waals surface area contributed by atoms with Gasteiger partial charge in [-0.1, -0.05) is 42.5 Å². The Hall–Kier alpha value is -1.61. The molecule has 0 heterocycles. The third-order valence-corrected chi connectivity index (χ3v) is 3.34. The number of carbonyl (C=O) groups is 1. The van der Waals surface area contributed by atoms with E-state index < -0.39 is 11.5 Å². The van der Waals surface area contributed by atoms with Gasteiger partial charge in [0.1, 0.15) is 0 Å². The second-order valence-corrected chi connectivity index (χ2v) is 6.73. The van der Waals surface area contributed by atoms with Crippen LogP contribution in [0.1, 0.15) is 52.5 Å². The average molecular weight is 304 g/mol. The lowest BCUT2D eigenvalue weighted by atomic mass is 9.97. The zero-order valence-corrected chi connectivity index (χ0v) is 14.1. The van der Waals surface area contributed by atoms with Crippen molar-refractivity contribution in [2.75, 3.05) is 0 Å². The molecule has 2 unspecified atom stereocenters. The Balaban J connectivity index is 2.26. The van der Waals surface area contributed by atoms with Gasteiger partial charge in [0.25, 0.3) is 0 Å². The Kier molecular flexibility index (Phi) is 7.33. The highest BCUT2D eigenvalue weighted by Crippen LogP contribution is 2.18. The minimum absolute atomic E-state index is 0.114. The number of aliphatic hydroxyl groups excluding tert-OH is 1. The lowest BCUT2D eigenvalue weighted by Crippen LogP contribution is -2.27. The molecule has 0 spiro atoms. The number of aliphatic hydroxyl groups is 1. The molecule has 0 aliphatic carbocycles. The van der Waals surface area contributed by atoms with Crippen LogP contribution in [0.25, 0.3) is 6.08 Å². The highest BCUT2D eigenvalue weighted by atomic mass is 16.5. The molecule has 0 bridgehead atoms. The van der Waals surface area contributed by atoms with Crippen molar-refractivity contribution in [1.82, 2.24) is 0 Å². The van der Waals surface area contributed by atoms with Crippen LogP contribution in [0, 0.1) is 5.41 Å². The number of benzene rings is 1. The molecule has 0 aliphatic rings. The summed E-state index contributed by atoms with van der Waals surface area (Å²) in [5.74, 6) is -0.176. The van der Waals surface area contributed by atoms with Crippen molar-refractivity contribution in [2.24, 2.45) is 5.41 Å². The van der Waals surface area contributed by atoms with Crippen LogP contribution in [0.2, 0.25) is 0 Å². The minimum atomic E-state index is -0.467. The molecule has 3 heteroatoms. The van der Waals surface area contributed by atoms with Gasteiger partial charge in [-0.25, -0.2) is 0 Å². The quantitative estimate of drug-likeness (QED) is 0.768. The summed E-state index contributed by atoms with van der Waals surface area (Å²) in [4.78, 5) is 11.7. The zero-order valence-electron chi connectivity index (χ0n) is 14.1. The van der Waals surface area contributed by atoms with Gasteiger partial charge in [-0.3, -0.25) is 4.79 Å². The van der Waals surface area contributed by atoms with Crippen molar-refractivity contribution >= 4 is 12.0 Å². The molecule has 0 saturated heterocycles. The van der Waals surface area contributed by atoms with E-state index in [0.29, 0.717) is 6.42 Å². The number of carbonyl (C=O) groups excluding carboxylic acids is 1. The third-order valence-electron chi connectivity index (χ3n) is 3.34. The first-order chi connectivity index (χ1) is 10.3. The van der Waals surface area contributed by atoms with Gasteiger partial charge < -0.3 is 9.84 Å². The van der Waals surface area contributed by atoms with E-state index in [4.69, 9.17) is 4.74 Å². The molecule has 0 aromatic heterocycles. The van der Waals surface area contributed by atoms with E-state index in [1.807, 2.05) is 64.1 Å². The Morgan fingerprint density at radius 3 is 2.45 bits per heavy atom. The predicted octanol–water partition coefficient (Wildman–Crippen LogP) is 4.21. The first kappa shape index (κ1) is 18.4. The molecule has 0 amide bonds. The van der Waals surface area contributed by atoms with E-state index in [2.05, 4.69) is 0 Å². The van der Waals surface area contributed by atoms with Gasteiger partial charge in [0.05, 0.1) is 17.6 Å². The molecule has 122 valence electrons. The number of hydrogen-bond donors (Lipinski definition) is 1. The molecule has 2 atom stereocenters. The summed E-state index contributed by atoms with van der Waals surface area (Å²) in [6, 6.07) is 9.90. The lowest BCUT2D eigenvalue weighted by Gasteiger charge is -2.21. The zero-order chi connectivity index (χ0) is 16.6. The Labute approximate surface area is 134 Å². The molecule has 0 radical (unpaired) electrons. The van der Waals surface area contributed by atoms with Crippen molar-refractivity contribution in [3.63, 3.8) is 0 Å². The first-order valence-corrected chi connectivity index (χ1v) is 7.91. The van der Waals surface area contributed by atoms with E-state index in [0.717, 1.165) is 18.4 Å². The Morgan fingerprint density at radius 1 is 1.23 bits per heavy atom. The molecule has 1 N–H and O–H groups in total. The number of ether oxygens (including phenoxy) is 1. The van der Waals surface area contributed by atoms with Gasteiger partial charge in [-0.2, -0.15) is 0 Å². The minimum Gasteiger partial charge on any atom is -0.462 e. The van der Waals surface area contributed by atoms with Gasteiger partial charge in [0.2, 0.25) is 0 Å². The smallest absolute Gasteiger partial charge is 0.311 e. The predicted molar refractivity (Wildman–Crippen MR) is 90.3 cm³/mol. The molecule has 22 heavy (non-hydrogen) atoms. The summed E-state index contributed by atoms with van der Waals surface area (Å²) in [5, 5.41) is 9.94. The largest absolute Gasteiger partial charge is 0.462 e. The van der Waals surface area contributed by atoms with E-state index in [9.17, 15) is 9.90 Å². The second kappa shape index (κ2) is 8.74. The van der Waals surface area contributed by atoms with Crippen LogP contribution in [0.5, 0.6) is 0 Å². The molecular weight excluding hydrogens is 276 g/mol. The fourth-order valence-corrected chi connectivity index (χ4v) is 1.92. The van der Waals surface area contributed by atoms with Crippen LogP contribution < -0.4 is 0 Å². The number of esters is 1. The van der Waals surface area contributed by atoms with Crippen LogP contribution in [-0.2, 0) is 9.53 Å². The molecule has 0 saturated carbocycles. The Morgan fingerprint density at radius 2 is 1.86 bits per heavy atom. The molecule has 0 aliphatic heterocycles. The standard InChI is InChI=1S/C19H28O3/c1-15(22-18(21)19(2,3)4)9-8-12-17(20)14-13-16-10-6-5-7-11-16/h5-7,10-11,13-15,17,20H,8-9,12H2,1-4H3/b14-13+. The van der Waals surface area contributed by atoms with Gasteiger partial charge >= 0.3 is 5.97 Å². The van der Waals surface area contributed by atoms with E-state index in [1.165, 1.54) is 0 Å². The van der Waals surface area contributed by atoms with Crippen LogP contribution >= 0.6 is 0 Å². The molecule has 1 aromatic carbocycles. The maximum atomic E-state index is 11.7. The summed E-state index contributed by atoms with van der Waals surface area (Å²) in [6.07, 6.45) is 5.40. The first-order valence-electron chi connectivity index (χ1n) is 7.91. The van der Waals surface area contributed by atoms with Crippen molar-refractivity contribution < 1.29 is 14.6 Å². The summed E-state index contributed by atoms with van der Waals surface area (Å²) in [6.45, 7) is 7.44. The lowest BCUT2D eigenvalue weighted by molar-refractivity contribution is -0.158. The summed E-state index contributed by atoms with van der Waals surface area (Å²) in [7, 11) is 0. The summed E-state index contributed by atoms with van der Waals surface area (Å²) in [5.41, 5.74) is 0.612. The average Bonchev–Trinajstić information content (AvgIpc) is 2.45. The Bertz CT molecular complexity index is 471. The van der Waals surface area contributed by atoms with Crippen molar-refractivity contribution in [3.05, 3.63) is 42.0 Å². The van der Waals surface area contributed by atoms with Crippen molar-refractivity contribution in [2.45, 2.75) is 59.2 Å². The topological polar surface area (TPSA) is 46.5 Å². The molecular formula is C19H28O3. The van der Waals surface area contributed by atoms with Crippen LogP contribution in [0.3, 0.4) is 0 Å². The van der Waals surface area contributed by atoms with E-state index >= 15 is 0 Å². The normalized spacial score (nSPS) is 14.8. The fourth-order valence-electron chi connectivity index (χ4n) is 1.92. The van der Waals surface area contributed by atoms with E-state index in [1.54, 1.807) is 6.08 Å². The molecule has 1 aromatic rings. The summed E-state index contributed by atoms with van der Waals surface area (Å²) >= 11 is 0. The monoisotopic (exact) mass is 304 g/mol. The van der Waals surface area contributed by atoms with Crippen molar-refractivity contribution in [1.29, 1.82) is 0 Å². The SMILES string of the molecule is CC(CCCC(O)/C=C/c1ccccc1)OC(=O)C(C)(C)C. The number of rotatable bonds is 7. The third kappa shape index (κ3) is 7.41. The summed E-state index contributed by atoms with van der Waals surface area (Å²) < 4.78 is 5.39. The van der Waals surface area contributed by atoms with Crippen LogP contribution in [-0.4, -0.2) is 23.3 Å². The highest BCUT2D eigenvalue weighted by molar-refractivity contribution is 5.75. The van der Waals surface area contributed by atoms with Crippen LogP contribution in [0.4, 0.5) is 0 Å². The van der Waals surface area contributed by atoms with Gasteiger partial charge in [0.15, 0.2) is 0 Å². The van der Waals surface area contributed by atoms with Gasteiger partial charge in [-0.05, 0) is 52.5 Å². The maximum Gasteiger partial charge on any atom is 0.311 e. The fraction of sp³-hybridized carbons (Fsp3) is 0.526. The molecule has 1 rings (SSSR count). The van der Waals surface area contributed by atoms with Gasteiger partial charge in [-0.15, -0.1) is 0 Å². The van der Waals surface area contributed by atoms with Gasteiger partial charge in [0, 0.05) is 0 Å².